The SMILES string of the molecule is CN1CCC2(C[C@@H]1CO)OCCO2. The van der Waals surface area contributed by atoms with Crippen molar-refractivity contribution in [2.24, 2.45) is 0 Å². The van der Waals surface area contributed by atoms with E-state index in [2.05, 4.69) is 4.90 Å². The quantitative estimate of drug-likeness (QED) is 0.618. The van der Waals surface area contributed by atoms with Crippen LogP contribution in [0.4, 0.5) is 0 Å². The first-order valence-electron chi connectivity index (χ1n) is 4.85. The normalized spacial score (nSPS) is 34.2. The Kier molecular flexibility index (Phi) is 2.55. The zero-order chi connectivity index (χ0) is 9.31. The Balaban J connectivity index is 2.01. The minimum absolute atomic E-state index is 0.185. The van der Waals surface area contributed by atoms with Gasteiger partial charge in [-0.3, -0.25) is 0 Å². The molecule has 4 heteroatoms. The first-order chi connectivity index (χ1) is 6.26. The van der Waals surface area contributed by atoms with Crippen LogP contribution in [0.1, 0.15) is 12.8 Å². The van der Waals surface area contributed by atoms with Gasteiger partial charge in [-0.2, -0.15) is 0 Å². The van der Waals surface area contributed by atoms with Crippen LogP contribution in [-0.2, 0) is 9.47 Å². The fraction of sp³-hybridized carbons (Fsp3) is 1.00. The molecule has 0 radical (unpaired) electrons. The zero-order valence-corrected chi connectivity index (χ0v) is 8.03. The number of rotatable bonds is 1. The fourth-order valence-corrected chi connectivity index (χ4v) is 2.11. The van der Waals surface area contributed by atoms with Gasteiger partial charge in [0.25, 0.3) is 0 Å². The monoisotopic (exact) mass is 187 g/mol. The van der Waals surface area contributed by atoms with Gasteiger partial charge in [-0.1, -0.05) is 0 Å². The predicted molar refractivity (Wildman–Crippen MR) is 47.4 cm³/mol. The summed E-state index contributed by atoms with van der Waals surface area (Å²) >= 11 is 0. The summed E-state index contributed by atoms with van der Waals surface area (Å²) in [5.41, 5.74) is 0. The highest BCUT2D eigenvalue weighted by molar-refractivity contribution is 4.87. The second kappa shape index (κ2) is 3.53. The molecule has 1 N–H and O–H groups in total. The predicted octanol–water partition coefficient (Wildman–Crippen LogP) is -0.184. The number of piperidine rings is 1. The number of ether oxygens (including phenoxy) is 2. The molecule has 2 fully saturated rings. The van der Waals surface area contributed by atoms with Crippen LogP contribution in [0.5, 0.6) is 0 Å². The van der Waals surface area contributed by atoms with Crippen LogP contribution >= 0.6 is 0 Å². The maximum Gasteiger partial charge on any atom is 0.171 e. The first-order valence-corrected chi connectivity index (χ1v) is 4.85. The van der Waals surface area contributed by atoms with Crippen molar-refractivity contribution in [3.63, 3.8) is 0 Å². The van der Waals surface area contributed by atoms with E-state index in [1.807, 2.05) is 7.05 Å². The molecular weight excluding hydrogens is 170 g/mol. The Morgan fingerprint density at radius 1 is 1.46 bits per heavy atom. The summed E-state index contributed by atoms with van der Waals surface area (Å²) in [6, 6.07) is 0.187. The number of hydrogen-bond donors (Lipinski definition) is 1. The molecule has 0 aromatic rings. The lowest BCUT2D eigenvalue weighted by Crippen LogP contribution is -2.50. The highest BCUT2D eigenvalue weighted by atomic mass is 16.7. The van der Waals surface area contributed by atoms with Crippen molar-refractivity contribution < 1.29 is 14.6 Å². The number of hydrogen-bond acceptors (Lipinski definition) is 4. The third-order valence-corrected chi connectivity index (χ3v) is 3.04. The minimum atomic E-state index is -0.375. The fourth-order valence-electron chi connectivity index (χ4n) is 2.11. The third kappa shape index (κ3) is 1.72. The van der Waals surface area contributed by atoms with E-state index in [0.29, 0.717) is 13.2 Å². The van der Waals surface area contributed by atoms with Gasteiger partial charge in [0.2, 0.25) is 0 Å². The minimum Gasteiger partial charge on any atom is -0.395 e. The van der Waals surface area contributed by atoms with Crippen LogP contribution in [0.25, 0.3) is 0 Å². The van der Waals surface area contributed by atoms with E-state index in [1.165, 1.54) is 0 Å². The first kappa shape index (κ1) is 9.40. The maximum atomic E-state index is 9.15. The molecule has 2 aliphatic heterocycles. The molecule has 0 aromatic carbocycles. The molecule has 76 valence electrons. The molecule has 0 saturated carbocycles. The summed E-state index contributed by atoms with van der Waals surface area (Å²) in [4.78, 5) is 2.16. The standard InChI is InChI=1S/C9H17NO3/c1-10-3-2-9(6-8(10)7-11)12-4-5-13-9/h8,11H,2-7H2,1H3/t8-/m1/s1. The average Bonchev–Trinajstić information content (AvgIpc) is 2.59. The summed E-state index contributed by atoms with van der Waals surface area (Å²) < 4.78 is 11.2. The van der Waals surface area contributed by atoms with E-state index >= 15 is 0 Å². The van der Waals surface area contributed by atoms with E-state index in [4.69, 9.17) is 14.6 Å². The Bertz CT molecular complexity index is 180. The molecule has 2 heterocycles. The Morgan fingerprint density at radius 2 is 2.15 bits per heavy atom. The zero-order valence-electron chi connectivity index (χ0n) is 8.03. The van der Waals surface area contributed by atoms with E-state index in [0.717, 1.165) is 19.4 Å². The Hall–Kier alpha value is -0.160. The van der Waals surface area contributed by atoms with Crippen LogP contribution in [0, 0.1) is 0 Å². The van der Waals surface area contributed by atoms with E-state index in [1.54, 1.807) is 0 Å². The number of nitrogens with zero attached hydrogens (tertiary/aromatic N) is 1. The van der Waals surface area contributed by atoms with Crippen LogP contribution in [-0.4, -0.2) is 55.2 Å². The molecule has 2 aliphatic rings. The Labute approximate surface area is 78.4 Å². The van der Waals surface area contributed by atoms with E-state index in [9.17, 15) is 0 Å². The van der Waals surface area contributed by atoms with Crippen LogP contribution in [0.15, 0.2) is 0 Å². The smallest absolute Gasteiger partial charge is 0.171 e. The average molecular weight is 187 g/mol. The van der Waals surface area contributed by atoms with Gasteiger partial charge in [0.05, 0.1) is 19.8 Å². The van der Waals surface area contributed by atoms with Crippen molar-refractivity contribution in [2.75, 3.05) is 33.4 Å². The summed E-state index contributed by atoms with van der Waals surface area (Å²) in [6.07, 6.45) is 1.71. The van der Waals surface area contributed by atoms with Gasteiger partial charge in [-0.05, 0) is 7.05 Å². The molecule has 0 unspecified atom stereocenters. The molecule has 4 nitrogen and oxygen atoms in total. The number of likely N-dealkylation sites (N-methyl/N-ethyl adjacent to an activating group) is 1. The second-order valence-electron chi connectivity index (χ2n) is 3.88. The van der Waals surface area contributed by atoms with E-state index < -0.39 is 0 Å². The number of aliphatic hydroxyl groups is 1. The Morgan fingerprint density at radius 3 is 2.77 bits per heavy atom. The van der Waals surface area contributed by atoms with Gasteiger partial charge >= 0.3 is 0 Å². The van der Waals surface area contributed by atoms with Crippen molar-refractivity contribution in [3.05, 3.63) is 0 Å². The van der Waals surface area contributed by atoms with Crippen LogP contribution < -0.4 is 0 Å². The molecular formula is C9H17NO3. The van der Waals surface area contributed by atoms with Gasteiger partial charge in [-0.25, -0.2) is 0 Å². The highest BCUT2D eigenvalue weighted by Crippen LogP contribution is 2.33. The van der Waals surface area contributed by atoms with Crippen molar-refractivity contribution in [2.45, 2.75) is 24.7 Å². The maximum absolute atomic E-state index is 9.15. The third-order valence-electron chi connectivity index (χ3n) is 3.04. The van der Waals surface area contributed by atoms with Crippen molar-refractivity contribution in [1.82, 2.24) is 4.90 Å². The lowest BCUT2D eigenvalue weighted by molar-refractivity contribution is -0.197. The van der Waals surface area contributed by atoms with Gasteiger partial charge in [0.15, 0.2) is 5.79 Å². The number of aliphatic hydroxyl groups excluding tert-OH is 1. The summed E-state index contributed by atoms with van der Waals surface area (Å²) in [5.74, 6) is -0.375. The summed E-state index contributed by atoms with van der Waals surface area (Å²) in [7, 11) is 2.03. The van der Waals surface area contributed by atoms with Crippen molar-refractivity contribution in [1.29, 1.82) is 0 Å². The van der Waals surface area contributed by atoms with Crippen molar-refractivity contribution >= 4 is 0 Å². The second-order valence-corrected chi connectivity index (χ2v) is 3.88. The lowest BCUT2D eigenvalue weighted by atomic mass is 9.97. The van der Waals surface area contributed by atoms with Gasteiger partial charge in [0.1, 0.15) is 0 Å². The molecule has 0 aliphatic carbocycles. The molecule has 1 atom stereocenters. The molecule has 2 saturated heterocycles. The van der Waals surface area contributed by atoms with Gasteiger partial charge in [0, 0.05) is 25.4 Å². The van der Waals surface area contributed by atoms with Crippen molar-refractivity contribution in [3.8, 4) is 0 Å². The molecule has 0 aromatic heterocycles. The van der Waals surface area contributed by atoms with Gasteiger partial charge < -0.3 is 19.5 Å². The summed E-state index contributed by atoms with van der Waals surface area (Å²) in [5, 5.41) is 9.15. The highest BCUT2D eigenvalue weighted by Gasteiger charge is 2.42. The molecule has 13 heavy (non-hydrogen) atoms. The van der Waals surface area contributed by atoms with E-state index in [-0.39, 0.29) is 18.4 Å². The number of likely N-dealkylation sites (tertiary alicyclic amines) is 1. The topological polar surface area (TPSA) is 41.9 Å². The van der Waals surface area contributed by atoms with Crippen LogP contribution in [0.2, 0.25) is 0 Å². The molecule has 2 rings (SSSR count). The molecule has 0 amide bonds. The summed E-state index contributed by atoms with van der Waals surface area (Å²) in [6.45, 7) is 2.51. The van der Waals surface area contributed by atoms with Gasteiger partial charge in [-0.15, -0.1) is 0 Å². The molecule has 1 spiro atoms. The largest absolute Gasteiger partial charge is 0.395 e. The van der Waals surface area contributed by atoms with Crippen LogP contribution in [0.3, 0.4) is 0 Å². The molecule has 0 bridgehead atoms. The lowest BCUT2D eigenvalue weighted by Gasteiger charge is -2.41.